The first-order valence-corrected chi connectivity index (χ1v) is 9.23. The number of hydrogen-bond acceptors (Lipinski definition) is 3. The van der Waals surface area contributed by atoms with Gasteiger partial charge in [-0.1, -0.05) is 6.42 Å². The maximum absolute atomic E-state index is 12.6. The van der Waals surface area contributed by atoms with Crippen molar-refractivity contribution in [3.05, 3.63) is 0 Å². The Balaban J connectivity index is 1.52. The van der Waals surface area contributed by atoms with E-state index in [9.17, 15) is 14.7 Å². The zero-order chi connectivity index (χ0) is 16.6. The number of fused-ring (bicyclic) bond motifs is 2. The van der Waals surface area contributed by atoms with Gasteiger partial charge in [0.2, 0.25) is 5.91 Å². The summed E-state index contributed by atoms with van der Waals surface area (Å²) in [5.41, 5.74) is 0. The van der Waals surface area contributed by atoms with E-state index in [0.29, 0.717) is 12.5 Å². The number of carbonyl (C=O) groups is 2. The van der Waals surface area contributed by atoms with E-state index < -0.39 is 5.97 Å². The summed E-state index contributed by atoms with van der Waals surface area (Å²) in [6.45, 7) is 5.37. The first-order chi connectivity index (χ1) is 11.0. The topological polar surface area (TPSA) is 69.6 Å². The predicted molar refractivity (Wildman–Crippen MR) is 87.9 cm³/mol. The van der Waals surface area contributed by atoms with Crippen LogP contribution in [-0.2, 0) is 9.59 Å². The zero-order valence-corrected chi connectivity index (χ0v) is 14.3. The molecule has 2 saturated carbocycles. The summed E-state index contributed by atoms with van der Waals surface area (Å²) in [6, 6.07) is -0.00139. The van der Waals surface area contributed by atoms with Crippen molar-refractivity contribution < 1.29 is 14.7 Å². The van der Waals surface area contributed by atoms with Crippen molar-refractivity contribution >= 4 is 11.9 Å². The van der Waals surface area contributed by atoms with Crippen LogP contribution in [0.3, 0.4) is 0 Å². The number of likely N-dealkylation sites (tertiary alicyclic amines) is 1. The molecule has 130 valence electrons. The molecule has 0 aromatic heterocycles. The van der Waals surface area contributed by atoms with Gasteiger partial charge in [-0.15, -0.1) is 0 Å². The van der Waals surface area contributed by atoms with Gasteiger partial charge in [-0.05, 0) is 70.3 Å². The number of nitrogens with zero attached hydrogens (tertiary/aromatic N) is 1. The molecule has 0 aromatic carbocycles. The molecule has 1 saturated heterocycles. The number of hydrogen-bond donors (Lipinski definition) is 2. The molecule has 0 aromatic rings. The highest BCUT2D eigenvalue weighted by Crippen LogP contribution is 2.49. The summed E-state index contributed by atoms with van der Waals surface area (Å²) in [6.07, 6.45) is 6.91. The lowest BCUT2D eigenvalue weighted by Crippen LogP contribution is -2.52. The Morgan fingerprint density at radius 1 is 1.17 bits per heavy atom. The minimum atomic E-state index is -0.738. The highest BCUT2D eigenvalue weighted by molar-refractivity contribution is 5.81. The number of piperidine rings is 1. The molecule has 2 aliphatic carbocycles. The van der Waals surface area contributed by atoms with Crippen molar-refractivity contribution in [2.75, 3.05) is 13.1 Å². The Morgan fingerprint density at radius 3 is 2.57 bits per heavy atom. The Hall–Kier alpha value is -1.10. The molecule has 1 amide bonds. The molecule has 2 bridgehead atoms. The second kappa shape index (κ2) is 6.80. The van der Waals surface area contributed by atoms with Gasteiger partial charge in [0.25, 0.3) is 0 Å². The molecular formula is C18H30N2O3. The Kier molecular flexibility index (Phi) is 4.95. The molecule has 3 aliphatic rings. The van der Waals surface area contributed by atoms with Crippen molar-refractivity contribution in [1.29, 1.82) is 0 Å². The van der Waals surface area contributed by atoms with Gasteiger partial charge in [0.15, 0.2) is 0 Å². The number of nitrogens with one attached hydrogen (secondary N) is 1. The van der Waals surface area contributed by atoms with Gasteiger partial charge in [-0.25, -0.2) is 0 Å². The number of amides is 1. The standard InChI is InChI=1S/C18H30N2O3/c1-11(16-9-13-5-6-14(16)8-13)19-17(21)12(2)20-7-3-4-15(10-20)18(22)23/h11-16H,3-10H2,1-2H3,(H,19,21)(H,22,23). The van der Waals surface area contributed by atoms with Crippen LogP contribution in [0.5, 0.6) is 0 Å². The van der Waals surface area contributed by atoms with Gasteiger partial charge in [0.05, 0.1) is 12.0 Å². The summed E-state index contributed by atoms with van der Waals surface area (Å²) >= 11 is 0. The van der Waals surface area contributed by atoms with Crippen LogP contribution >= 0.6 is 0 Å². The Morgan fingerprint density at radius 2 is 1.96 bits per heavy atom. The molecule has 5 heteroatoms. The number of carboxylic acid groups (broad SMARTS) is 1. The summed E-state index contributed by atoms with van der Waals surface area (Å²) in [5.74, 6) is 1.32. The lowest BCUT2D eigenvalue weighted by Gasteiger charge is -2.36. The second-order valence-corrected chi connectivity index (χ2v) is 7.98. The molecule has 23 heavy (non-hydrogen) atoms. The van der Waals surface area contributed by atoms with E-state index >= 15 is 0 Å². The molecule has 0 radical (unpaired) electrons. The summed E-state index contributed by atoms with van der Waals surface area (Å²) in [7, 11) is 0. The lowest BCUT2D eigenvalue weighted by molar-refractivity contribution is -0.145. The van der Waals surface area contributed by atoms with Gasteiger partial charge in [0, 0.05) is 12.6 Å². The van der Waals surface area contributed by atoms with E-state index in [2.05, 4.69) is 12.2 Å². The molecule has 6 unspecified atom stereocenters. The van der Waals surface area contributed by atoms with Crippen LogP contribution in [-0.4, -0.2) is 47.1 Å². The molecule has 3 rings (SSSR count). The summed E-state index contributed by atoms with van der Waals surface area (Å²) < 4.78 is 0. The maximum atomic E-state index is 12.6. The summed E-state index contributed by atoms with van der Waals surface area (Å²) in [4.78, 5) is 25.8. The molecule has 1 heterocycles. The van der Waals surface area contributed by atoms with Crippen LogP contribution in [0.25, 0.3) is 0 Å². The van der Waals surface area contributed by atoms with Crippen molar-refractivity contribution in [2.24, 2.45) is 23.7 Å². The van der Waals surface area contributed by atoms with E-state index in [-0.39, 0.29) is 23.9 Å². The van der Waals surface area contributed by atoms with Crippen LogP contribution in [0.2, 0.25) is 0 Å². The molecule has 5 nitrogen and oxygen atoms in total. The SMILES string of the molecule is CC(NC(=O)C(C)N1CCCC(C(=O)O)C1)C1CC2CCC1C2. The Labute approximate surface area is 138 Å². The maximum Gasteiger partial charge on any atom is 0.307 e. The average Bonchev–Trinajstić information content (AvgIpc) is 3.17. The molecule has 1 aliphatic heterocycles. The number of carboxylic acids is 1. The van der Waals surface area contributed by atoms with Crippen LogP contribution in [0.4, 0.5) is 0 Å². The fourth-order valence-corrected chi connectivity index (χ4v) is 5.08. The second-order valence-electron chi connectivity index (χ2n) is 7.98. The van der Waals surface area contributed by atoms with Crippen molar-refractivity contribution in [1.82, 2.24) is 10.2 Å². The van der Waals surface area contributed by atoms with Gasteiger partial charge in [0.1, 0.15) is 0 Å². The van der Waals surface area contributed by atoms with Crippen LogP contribution in [0, 0.1) is 23.7 Å². The van der Waals surface area contributed by atoms with E-state index in [0.717, 1.165) is 31.2 Å². The highest BCUT2D eigenvalue weighted by atomic mass is 16.4. The molecule has 0 spiro atoms. The predicted octanol–water partition coefficient (Wildman–Crippen LogP) is 2.11. The normalized spacial score (nSPS) is 36.6. The van der Waals surface area contributed by atoms with E-state index in [1.807, 2.05) is 11.8 Å². The van der Waals surface area contributed by atoms with E-state index in [1.165, 1.54) is 25.7 Å². The van der Waals surface area contributed by atoms with E-state index in [1.54, 1.807) is 0 Å². The van der Waals surface area contributed by atoms with Crippen LogP contribution in [0.1, 0.15) is 52.4 Å². The molecular weight excluding hydrogens is 292 g/mol. The van der Waals surface area contributed by atoms with Gasteiger partial charge in [-0.3, -0.25) is 14.5 Å². The highest BCUT2D eigenvalue weighted by Gasteiger charge is 2.42. The van der Waals surface area contributed by atoms with E-state index in [4.69, 9.17) is 0 Å². The van der Waals surface area contributed by atoms with Gasteiger partial charge in [-0.2, -0.15) is 0 Å². The largest absolute Gasteiger partial charge is 0.481 e. The third kappa shape index (κ3) is 3.54. The fourth-order valence-electron chi connectivity index (χ4n) is 5.08. The first kappa shape index (κ1) is 16.7. The molecule has 6 atom stereocenters. The number of carbonyl (C=O) groups excluding carboxylic acids is 1. The average molecular weight is 322 g/mol. The van der Waals surface area contributed by atoms with Crippen molar-refractivity contribution in [3.63, 3.8) is 0 Å². The van der Waals surface area contributed by atoms with Gasteiger partial charge >= 0.3 is 5.97 Å². The van der Waals surface area contributed by atoms with Crippen molar-refractivity contribution in [3.8, 4) is 0 Å². The minimum Gasteiger partial charge on any atom is -0.481 e. The van der Waals surface area contributed by atoms with Crippen LogP contribution < -0.4 is 5.32 Å². The smallest absolute Gasteiger partial charge is 0.307 e. The Bertz CT molecular complexity index is 467. The fraction of sp³-hybridized carbons (Fsp3) is 0.889. The number of aliphatic carboxylic acids is 1. The van der Waals surface area contributed by atoms with Crippen LogP contribution in [0.15, 0.2) is 0 Å². The molecule has 3 fully saturated rings. The van der Waals surface area contributed by atoms with Gasteiger partial charge < -0.3 is 10.4 Å². The third-order valence-electron chi connectivity index (χ3n) is 6.53. The third-order valence-corrected chi connectivity index (χ3v) is 6.53. The summed E-state index contributed by atoms with van der Waals surface area (Å²) in [5, 5.41) is 12.4. The van der Waals surface area contributed by atoms with Crippen molar-refractivity contribution in [2.45, 2.75) is 64.5 Å². The first-order valence-electron chi connectivity index (χ1n) is 9.23. The minimum absolute atomic E-state index is 0.0614. The number of rotatable bonds is 5. The molecule has 2 N–H and O–H groups in total. The quantitative estimate of drug-likeness (QED) is 0.813. The monoisotopic (exact) mass is 322 g/mol. The zero-order valence-electron chi connectivity index (χ0n) is 14.3. The lowest BCUT2D eigenvalue weighted by atomic mass is 9.84.